The van der Waals surface area contributed by atoms with Crippen molar-refractivity contribution in [2.24, 2.45) is 0 Å². The second-order valence-corrected chi connectivity index (χ2v) is 8.46. The number of aryl methyl sites for hydroxylation is 2. The highest BCUT2D eigenvalue weighted by Crippen LogP contribution is 2.20. The van der Waals surface area contributed by atoms with Crippen LogP contribution in [0.5, 0.6) is 0 Å². The molecule has 0 radical (unpaired) electrons. The van der Waals surface area contributed by atoms with Crippen molar-refractivity contribution in [3.8, 4) is 0 Å². The van der Waals surface area contributed by atoms with Crippen LogP contribution in [0.2, 0.25) is 0 Å². The van der Waals surface area contributed by atoms with Crippen LogP contribution in [-0.4, -0.2) is 23.0 Å². The van der Waals surface area contributed by atoms with Crippen molar-refractivity contribution in [2.45, 2.75) is 103 Å². The average Bonchev–Trinajstić information content (AvgIpc) is 3.03. The molecule has 1 heterocycles. The summed E-state index contributed by atoms with van der Waals surface area (Å²) in [4.78, 5) is 0. The molecule has 28 heavy (non-hydrogen) atoms. The Morgan fingerprint density at radius 2 is 1.36 bits per heavy atom. The molecule has 0 spiro atoms. The van der Waals surface area contributed by atoms with Crippen molar-refractivity contribution in [1.82, 2.24) is 4.57 Å². The molecule has 0 aliphatic heterocycles. The zero-order valence-corrected chi connectivity index (χ0v) is 18.0. The molecule has 1 rings (SSSR count). The standard InChI is InChI=1S/C19H35N.CHF3O3S/c1-3-5-6-7-8-9-10-11-12-13-17-20-18-14-16-19(20)15-4-2;2-1(3,4)8(5,6)7/h14,16,18H,3-13,15,17H2,1-2H3;(H,5,6,7). The number of aromatic nitrogens is 1. The van der Waals surface area contributed by atoms with Crippen molar-refractivity contribution in [3.05, 3.63) is 24.0 Å². The Balaban J connectivity index is 0.000000769. The maximum atomic E-state index is 10.7. The molecule has 0 atom stereocenters. The van der Waals surface area contributed by atoms with E-state index in [0.29, 0.717) is 0 Å². The lowest BCUT2D eigenvalue weighted by Gasteiger charge is -2.08. The summed E-state index contributed by atoms with van der Waals surface area (Å²) in [5.74, 6) is 0. The summed E-state index contributed by atoms with van der Waals surface area (Å²) >= 11 is 0. The van der Waals surface area contributed by atoms with Gasteiger partial charge in [-0.05, 0) is 25.0 Å². The maximum Gasteiger partial charge on any atom is 0.522 e. The first-order valence-electron chi connectivity index (χ1n) is 10.3. The number of nitrogens with zero attached hydrogens (tertiary/aromatic N) is 1. The van der Waals surface area contributed by atoms with Gasteiger partial charge in [-0.15, -0.1) is 0 Å². The topological polar surface area (TPSA) is 59.3 Å². The van der Waals surface area contributed by atoms with Crippen molar-refractivity contribution in [3.63, 3.8) is 0 Å². The molecule has 0 fully saturated rings. The minimum absolute atomic E-state index is 1.22. The molecule has 166 valence electrons. The molecule has 0 aliphatic rings. The first-order chi connectivity index (χ1) is 13.1. The van der Waals surface area contributed by atoms with Gasteiger partial charge in [-0.1, -0.05) is 78.1 Å². The van der Waals surface area contributed by atoms with Gasteiger partial charge in [-0.25, -0.2) is 0 Å². The zero-order chi connectivity index (χ0) is 21.5. The van der Waals surface area contributed by atoms with E-state index < -0.39 is 15.6 Å². The summed E-state index contributed by atoms with van der Waals surface area (Å²) in [6, 6.07) is 4.47. The number of alkyl halides is 3. The smallest absolute Gasteiger partial charge is 0.351 e. The van der Waals surface area contributed by atoms with E-state index in [-0.39, 0.29) is 0 Å². The Bertz CT molecular complexity index is 598. The van der Waals surface area contributed by atoms with Crippen LogP contribution in [0, 0.1) is 0 Å². The first kappa shape index (κ1) is 27.0. The summed E-state index contributed by atoms with van der Waals surface area (Å²) < 4.78 is 60.0. The summed E-state index contributed by atoms with van der Waals surface area (Å²) in [5, 5.41) is 0. The lowest BCUT2D eigenvalue weighted by molar-refractivity contribution is -0.0510. The third-order valence-electron chi connectivity index (χ3n) is 4.47. The van der Waals surface area contributed by atoms with E-state index in [4.69, 9.17) is 13.0 Å². The minimum atomic E-state index is -5.84. The number of hydrogen-bond donors (Lipinski definition) is 1. The summed E-state index contributed by atoms with van der Waals surface area (Å²) in [6.45, 7) is 5.77. The third kappa shape index (κ3) is 13.2. The Morgan fingerprint density at radius 3 is 1.79 bits per heavy atom. The van der Waals surface area contributed by atoms with Gasteiger partial charge < -0.3 is 4.57 Å². The fraction of sp³-hybridized carbons (Fsp3) is 0.800. The van der Waals surface area contributed by atoms with Crippen molar-refractivity contribution in [1.29, 1.82) is 0 Å². The van der Waals surface area contributed by atoms with Crippen LogP contribution in [0.15, 0.2) is 18.3 Å². The molecule has 8 heteroatoms. The Hall–Kier alpha value is -1.02. The summed E-state index contributed by atoms with van der Waals surface area (Å²) in [7, 11) is -5.84. The minimum Gasteiger partial charge on any atom is -0.351 e. The molecule has 0 saturated carbocycles. The SMILES string of the molecule is CCCCCCCCCCCCn1cccc1CCC.O=S(=O)(O)C(F)(F)F. The molecule has 0 aromatic carbocycles. The van der Waals surface area contributed by atoms with Crippen molar-refractivity contribution < 1.29 is 26.1 Å². The first-order valence-corrected chi connectivity index (χ1v) is 11.7. The fourth-order valence-electron chi connectivity index (χ4n) is 2.92. The van der Waals surface area contributed by atoms with Gasteiger partial charge in [-0.2, -0.15) is 21.6 Å². The molecule has 0 bridgehead atoms. The monoisotopic (exact) mass is 427 g/mol. The highest BCUT2D eigenvalue weighted by atomic mass is 32.2. The number of rotatable bonds is 13. The van der Waals surface area contributed by atoms with Crippen LogP contribution in [-0.2, 0) is 23.1 Å². The van der Waals surface area contributed by atoms with E-state index in [9.17, 15) is 13.2 Å². The molecular formula is C20H36F3NO3S. The summed E-state index contributed by atoms with van der Waals surface area (Å²) in [5.41, 5.74) is -4.02. The van der Waals surface area contributed by atoms with Gasteiger partial charge in [0.1, 0.15) is 0 Å². The van der Waals surface area contributed by atoms with Gasteiger partial charge in [0.05, 0.1) is 0 Å². The van der Waals surface area contributed by atoms with Gasteiger partial charge >= 0.3 is 15.6 Å². The molecule has 0 saturated heterocycles. The fourth-order valence-corrected chi connectivity index (χ4v) is 2.92. The van der Waals surface area contributed by atoms with Gasteiger partial charge in [-0.3, -0.25) is 4.55 Å². The van der Waals surface area contributed by atoms with Gasteiger partial charge in [0.15, 0.2) is 0 Å². The predicted octanol–water partition coefficient (Wildman–Crippen LogP) is 6.76. The van der Waals surface area contributed by atoms with Crippen LogP contribution < -0.4 is 0 Å². The molecular weight excluding hydrogens is 391 g/mol. The van der Waals surface area contributed by atoms with Crippen LogP contribution in [0.3, 0.4) is 0 Å². The Morgan fingerprint density at radius 1 is 0.893 bits per heavy atom. The van der Waals surface area contributed by atoms with Crippen LogP contribution >= 0.6 is 0 Å². The molecule has 4 nitrogen and oxygen atoms in total. The number of hydrogen-bond acceptors (Lipinski definition) is 2. The molecule has 0 aliphatic carbocycles. The zero-order valence-electron chi connectivity index (χ0n) is 17.2. The van der Waals surface area contributed by atoms with Gasteiger partial charge in [0.2, 0.25) is 0 Å². The predicted molar refractivity (Wildman–Crippen MR) is 108 cm³/mol. The largest absolute Gasteiger partial charge is 0.522 e. The van der Waals surface area contributed by atoms with E-state index in [0.717, 1.165) is 0 Å². The molecule has 1 N–H and O–H groups in total. The quantitative estimate of drug-likeness (QED) is 0.215. The van der Waals surface area contributed by atoms with Crippen LogP contribution in [0.25, 0.3) is 0 Å². The second kappa shape index (κ2) is 14.9. The molecule has 1 aromatic heterocycles. The number of unbranched alkanes of at least 4 members (excludes halogenated alkanes) is 9. The Kier molecular flexibility index (Phi) is 14.4. The molecule has 0 unspecified atom stereocenters. The normalized spacial score (nSPS) is 11.9. The molecule has 1 aromatic rings. The lowest BCUT2D eigenvalue weighted by Crippen LogP contribution is -2.21. The van der Waals surface area contributed by atoms with Gasteiger partial charge in [0, 0.05) is 18.4 Å². The van der Waals surface area contributed by atoms with Crippen molar-refractivity contribution >= 4 is 10.1 Å². The summed E-state index contributed by atoms with van der Waals surface area (Å²) in [6.07, 6.45) is 19.0. The molecule has 0 amide bonds. The van der Waals surface area contributed by atoms with E-state index >= 15 is 0 Å². The maximum absolute atomic E-state index is 10.7. The van der Waals surface area contributed by atoms with E-state index in [2.05, 4.69) is 36.7 Å². The highest BCUT2D eigenvalue weighted by Gasteiger charge is 2.44. The average molecular weight is 428 g/mol. The van der Waals surface area contributed by atoms with E-state index in [1.807, 2.05) is 0 Å². The van der Waals surface area contributed by atoms with Crippen LogP contribution in [0.4, 0.5) is 13.2 Å². The van der Waals surface area contributed by atoms with Crippen molar-refractivity contribution in [2.75, 3.05) is 0 Å². The third-order valence-corrected chi connectivity index (χ3v) is 5.06. The van der Waals surface area contributed by atoms with Crippen LogP contribution in [0.1, 0.15) is 90.2 Å². The lowest BCUT2D eigenvalue weighted by atomic mass is 10.1. The highest BCUT2D eigenvalue weighted by molar-refractivity contribution is 7.86. The van der Waals surface area contributed by atoms with Gasteiger partial charge in [0.25, 0.3) is 0 Å². The van der Waals surface area contributed by atoms with E-state index in [1.165, 1.54) is 89.3 Å². The van der Waals surface area contributed by atoms with E-state index in [1.54, 1.807) is 0 Å². The number of halogens is 3. The Labute approximate surface area is 168 Å². The second-order valence-electron chi connectivity index (χ2n) is 7.05.